The lowest BCUT2D eigenvalue weighted by atomic mass is 9.70. The third-order valence-electron chi connectivity index (χ3n) is 8.49. The fraction of sp³-hybridized carbons (Fsp3) is 0.556. The molecule has 3 aromatic rings. The number of aryl methyl sites for hydroxylation is 1. The highest BCUT2D eigenvalue weighted by atomic mass is 15.3. The molecule has 2 aliphatic rings. The molecule has 1 aliphatic heterocycles. The highest BCUT2D eigenvalue weighted by Crippen LogP contribution is 2.39. The predicted octanol–water partition coefficient (Wildman–Crippen LogP) is 8.82. The second-order valence-electron chi connectivity index (χ2n) is 11.2. The van der Waals surface area contributed by atoms with Crippen LogP contribution in [0.25, 0.3) is 11.0 Å². The van der Waals surface area contributed by atoms with Gasteiger partial charge in [0.05, 0.1) is 11.0 Å². The summed E-state index contributed by atoms with van der Waals surface area (Å²) in [4.78, 5) is 23.9. The van der Waals surface area contributed by atoms with Gasteiger partial charge in [0.1, 0.15) is 5.82 Å². The van der Waals surface area contributed by atoms with Crippen LogP contribution in [0.1, 0.15) is 96.9 Å². The first-order valence-electron chi connectivity index (χ1n) is 16.3. The summed E-state index contributed by atoms with van der Waals surface area (Å²) < 4.78 is 0. The Balaban J connectivity index is 0.000000334. The van der Waals surface area contributed by atoms with Gasteiger partial charge in [-0.05, 0) is 81.9 Å². The molecule has 6 nitrogen and oxygen atoms in total. The Kier molecular flexibility index (Phi) is 13.9. The van der Waals surface area contributed by atoms with Gasteiger partial charge in [-0.15, -0.1) is 0 Å². The van der Waals surface area contributed by atoms with Gasteiger partial charge in [-0.25, -0.2) is 9.98 Å². The molecule has 1 N–H and O–H groups in total. The Morgan fingerprint density at radius 3 is 2.43 bits per heavy atom. The number of H-pyrrole nitrogens is 1. The highest BCUT2D eigenvalue weighted by molar-refractivity contribution is 5.88. The first-order chi connectivity index (χ1) is 20.6. The molecule has 1 unspecified atom stereocenters. The maximum atomic E-state index is 5.15. The van der Waals surface area contributed by atoms with Gasteiger partial charge < -0.3 is 9.88 Å². The summed E-state index contributed by atoms with van der Waals surface area (Å²) in [6, 6.07) is 19.2. The van der Waals surface area contributed by atoms with Crippen molar-refractivity contribution in [1.29, 1.82) is 0 Å². The van der Waals surface area contributed by atoms with Crippen molar-refractivity contribution < 1.29 is 0 Å². The number of hydrogen-bond acceptors (Lipinski definition) is 3. The van der Waals surface area contributed by atoms with Crippen LogP contribution in [0.15, 0.2) is 69.6 Å². The van der Waals surface area contributed by atoms with E-state index in [0.717, 1.165) is 74.1 Å². The van der Waals surface area contributed by atoms with Crippen LogP contribution in [-0.4, -0.2) is 59.4 Å². The first kappa shape index (κ1) is 33.2. The van der Waals surface area contributed by atoms with Crippen LogP contribution < -0.4 is 0 Å². The molecule has 0 spiro atoms. The van der Waals surface area contributed by atoms with Gasteiger partial charge in [-0.2, -0.15) is 0 Å². The Labute approximate surface area is 254 Å². The zero-order valence-corrected chi connectivity index (χ0v) is 27.1. The van der Waals surface area contributed by atoms with E-state index in [4.69, 9.17) is 4.99 Å². The van der Waals surface area contributed by atoms with Gasteiger partial charge in [0.25, 0.3) is 0 Å². The van der Waals surface area contributed by atoms with Gasteiger partial charge in [-0.1, -0.05) is 76.6 Å². The van der Waals surface area contributed by atoms with Crippen LogP contribution in [0.4, 0.5) is 0 Å². The Hall–Kier alpha value is -3.28. The molecule has 1 saturated carbocycles. The third-order valence-corrected chi connectivity index (χ3v) is 8.49. The Bertz CT molecular complexity index is 1230. The van der Waals surface area contributed by atoms with Crippen LogP contribution in [0.2, 0.25) is 0 Å². The zero-order valence-electron chi connectivity index (χ0n) is 27.1. The average molecular weight is 571 g/mol. The molecular weight excluding hydrogens is 516 g/mol. The van der Waals surface area contributed by atoms with E-state index in [1.54, 1.807) is 0 Å². The normalized spacial score (nSPS) is 19.5. The van der Waals surface area contributed by atoms with Crippen molar-refractivity contribution in [1.82, 2.24) is 14.9 Å². The minimum Gasteiger partial charge on any atom is -0.342 e. The van der Waals surface area contributed by atoms with E-state index < -0.39 is 0 Å². The van der Waals surface area contributed by atoms with Crippen LogP contribution in [0.3, 0.4) is 0 Å². The lowest BCUT2D eigenvalue weighted by Crippen LogP contribution is -2.45. The number of imidazole rings is 1. The number of para-hydroxylation sites is 2. The molecule has 2 heterocycles. The van der Waals surface area contributed by atoms with Crippen molar-refractivity contribution in [2.24, 2.45) is 20.9 Å². The molecule has 228 valence electrons. The molecule has 2 aromatic carbocycles. The SMILES string of the molecule is CC.CC/C=N\C(=NC)N1CCC(CCN=C2CCCC2CCC)(c2ccccc2)CC1.Cc1nc2ccccc2[nH]1. The number of aromatic amines is 1. The molecule has 0 amide bonds. The first-order valence-corrected chi connectivity index (χ1v) is 16.3. The molecule has 42 heavy (non-hydrogen) atoms. The fourth-order valence-electron chi connectivity index (χ4n) is 6.32. The topological polar surface area (TPSA) is 69.0 Å². The standard InChI is InChI=1S/C26H40N4.C8H8N2.C2H6/c1-4-10-22-11-9-14-24(22)28-19-15-26(23-12-7-6-8-13-23)16-20-30(21-17-26)25(27-3)29-18-5-2;1-6-9-7-4-2-3-5-8(7)10-6;1-2/h6-8,12-13,18,22H,4-5,9-11,14-17,19-21H2,1-3H3;2-5H,1H3,(H,9,10);1-2H3/b27-25?,28-24?,29-18-;;. The second-order valence-corrected chi connectivity index (χ2v) is 11.2. The largest absolute Gasteiger partial charge is 0.342 e. The number of piperidine rings is 1. The number of benzene rings is 2. The van der Waals surface area contributed by atoms with Crippen LogP contribution >= 0.6 is 0 Å². The summed E-state index contributed by atoms with van der Waals surface area (Å²) in [5.74, 6) is 2.61. The predicted molar refractivity (Wildman–Crippen MR) is 182 cm³/mol. The van der Waals surface area contributed by atoms with E-state index in [2.05, 4.69) is 69.0 Å². The van der Waals surface area contributed by atoms with Gasteiger partial charge >= 0.3 is 0 Å². The molecule has 1 aliphatic carbocycles. The zero-order chi connectivity index (χ0) is 30.2. The number of rotatable bonds is 7. The Morgan fingerprint density at radius 2 is 1.76 bits per heavy atom. The second kappa shape index (κ2) is 17.6. The molecule has 1 atom stereocenters. The smallest absolute Gasteiger partial charge is 0.219 e. The van der Waals surface area contributed by atoms with Gasteiger partial charge in [0.15, 0.2) is 0 Å². The lowest BCUT2D eigenvalue weighted by Gasteiger charge is -2.42. The maximum absolute atomic E-state index is 5.15. The molecular formula is C36H54N6. The molecule has 2 fully saturated rings. The Morgan fingerprint density at radius 1 is 1.05 bits per heavy atom. The van der Waals surface area contributed by atoms with Crippen molar-refractivity contribution in [3.63, 3.8) is 0 Å². The molecule has 1 aromatic heterocycles. The highest BCUT2D eigenvalue weighted by Gasteiger charge is 2.36. The van der Waals surface area contributed by atoms with Gasteiger partial charge in [-0.3, -0.25) is 9.98 Å². The maximum Gasteiger partial charge on any atom is 0.219 e. The number of fused-ring (bicyclic) bond motifs is 1. The average Bonchev–Trinajstić information content (AvgIpc) is 3.65. The molecule has 6 heteroatoms. The monoisotopic (exact) mass is 570 g/mol. The van der Waals surface area contributed by atoms with E-state index >= 15 is 0 Å². The van der Waals surface area contributed by atoms with E-state index in [-0.39, 0.29) is 5.41 Å². The minimum absolute atomic E-state index is 0.216. The summed E-state index contributed by atoms with van der Waals surface area (Å²) in [5.41, 5.74) is 5.36. The van der Waals surface area contributed by atoms with Crippen LogP contribution in [0.5, 0.6) is 0 Å². The summed E-state index contributed by atoms with van der Waals surface area (Å²) in [5, 5.41) is 0. The van der Waals surface area contributed by atoms with Crippen molar-refractivity contribution in [3.05, 3.63) is 66.0 Å². The van der Waals surface area contributed by atoms with Crippen molar-refractivity contribution in [2.75, 3.05) is 26.7 Å². The summed E-state index contributed by atoms with van der Waals surface area (Å²) in [6.45, 7) is 13.4. The van der Waals surface area contributed by atoms with Crippen LogP contribution in [-0.2, 0) is 5.41 Å². The van der Waals surface area contributed by atoms with E-state index in [0.29, 0.717) is 0 Å². The quantitative estimate of drug-likeness (QED) is 0.228. The van der Waals surface area contributed by atoms with E-state index in [1.165, 1.54) is 43.4 Å². The fourth-order valence-corrected chi connectivity index (χ4v) is 6.32. The van der Waals surface area contributed by atoms with Crippen LogP contribution in [0, 0.1) is 12.8 Å². The number of guanidine groups is 1. The van der Waals surface area contributed by atoms with Crippen molar-refractivity contribution in [2.45, 2.75) is 97.8 Å². The molecule has 0 radical (unpaired) electrons. The number of nitrogens with one attached hydrogen (secondary N) is 1. The number of aromatic nitrogens is 2. The number of hydrogen-bond donors (Lipinski definition) is 1. The van der Waals surface area contributed by atoms with Crippen molar-refractivity contribution >= 4 is 28.9 Å². The lowest BCUT2D eigenvalue weighted by molar-refractivity contribution is 0.214. The molecule has 5 rings (SSSR count). The van der Waals surface area contributed by atoms with E-state index in [1.807, 2.05) is 58.3 Å². The van der Waals surface area contributed by atoms with E-state index in [9.17, 15) is 0 Å². The number of likely N-dealkylation sites (tertiary alicyclic amines) is 1. The van der Waals surface area contributed by atoms with Crippen molar-refractivity contribution in [3.8, 4) is 0 Å². The molecule has 0 bridgehead atoms. The molecule has 1 saturated heterocycles. The summed E-state index contributed by atoms with van der Waals surface area (Å²) >= 11 is 0. The van der Waals surface area contributed by atoms with Gasteiger partial charge in [0, 0.05) is 44.0 Å². The minimum atomic E-state index is 0.216. The third kappa shape index (κ3) is 9.11. The van der Waals surface area contributed by atoms with Gasteiger partial charge in [0.2, 0.25) is 5.96 Å². The summed E-state index contributed by atoms with van der Waals surface area (Å²) in [7, 11) is 1.85. The number of nitrogens with zero attached hydrogens (tertiary/aromatic N) is 5. The summed E-state index contributed by atoms with van der Waals surface area (Å²) in [6.07, 6.45) is 12.8. The number of aliphatic imine (C=N–C) groups is 3.